The van der Waals surface area contributed by atoms with Crippen molar-refractivity contribution in [2.24, 2.45) is 0 Å². The van der Waals surface area contributed by atoms with E-state index in [0.717, 1.165) is 11.4 Å². The first-order valence-electron chi connectivity index (χ1n) is 10.7. The molecule has 9 heteroatoms. The second-order valence-corrected chi connectivity index (χ2v) is 9.76. The summed E-state index contributed by atoms with van der Waals surface area (Å²) in [6, 6.07) is 14.8. The topological polar surface area (TPSA) is 81.8 Å². The van der Waals surface area contributed by atoms with E-state index in [1.165, 1.54) is 23.5 Å². The van der Waals surface area contributed by atoms with E-state index < -0.39 is 0 Å². The van der Waals surface area contributed by atoms with Crippen LogP contribution < -0.4 is 10.9 Å². The van der Waals surface area contributed by atoms with Crippen molar-refractivity contribution >= 4 is 46.0 Å². The van der Waals surface area contributed by atoms with E-state index in [1.54, 1.807) is 21.4 Å². The zero-order valence-corrected chi connectivity index (χ0v) is 19.7. The van der Waals surface area contributed by atoms with Crippen molar-refractivity contribution in [2.45, 2.75) is 37.4 Å². The van der Waals surface area contributed by atoms with Crippen LogP contribution in [0.15, 0.2) is 64.7 Å². The van der Waals surface area contributed by atoms with E-state index in [9.17, 15) is 9.59 Å². The molecule has 1 aliphatic heterocycles. The highest BCUT2D eigenvalue weighted by molar-refractivity contribution is 7.99. The number of hydrogen-bond acceptors (Lipinski definition) is 5. The second-order valence-electron chi connectivity index (χ2n) is 8.33. The molecule has 0 aliphatic carbocycles. The molecule has 1 unspecified atom stereocenters. The fraction of sp³-hybridized carbons (Fsp3) is 0.250. The van der Waals surface area contributed by atoms with E-state index >= 15 is 0 Å². The number of carbonyl (C=O) groups is 1. The van der Waals surface area contributed by atoms with Gasteiger partial charge in [0, 0.05) is 22.9 Å². The van der Waals surface area contributed by atoms with Crippen LogP contribution in [0.5, 0.6) is 0 Å². The number of carbonyl (C=O) groups excluding carboxylic acids is 1. The standard InChI is InChI=1S/C24H22ClN5O2S/c1-14(2)15-3-7-17(8-4-15)27-21(31)11-19-13-33-24-28-22-20(23(32)29(19)24)12-26-30(22)18-9-5-16(25)6-10-18/h3-10,12,14,19H,11,13H2,1-2H3,(H,27,31). The molecule has 0 spiro atoms. The molecular formula is C24H22ClN5O2S. The smallest absolute Gasteiger partial charge is 0.265 e. The van der Waals surface area contributed by atoms with Crippen molar-refractivity contribution in [1.29, 1.82) is 0 Å². The summed E-state index contributed by atoms with van der Waals surface area (Å²) in [4.78, 5) is 30.7. The van der Waals surface area contributed by atoms with Crippen LogP contribution in [0.2, 0.25) is 5.02 Å². The molecule has 3 heterocycles. The van der Waals surface area contributed by atoms with Crippen molar-refractivity contribution in [3.05, 3.63) is 75.7 Å². The maximum absolute atomic E-state index is 13.3. The van der Waals surface area contributed by atoms with E-state index in [1.807, 2.05) is 36.4 Å². The first-order chi connectivity index (χ1) is 15.9. The molecule has 0 fully saturated rings. The molecule has 7 nitrogen and oxygen atoms in total. The van der Waals surface area contributed by atoms with Gasteiger partial charge < -0.3 is 5.32 Å². The molecule has 168 valence electrons. The van der Waals surface area contributed by atoms with Gasteiger partial charge in [0.05, 0.1) is 17.9 Å². The van der Waals surface area contributed by atoms with Crippen molar-refractivity contribution in [3.8, 4) is 5.69 Å². The van der Waals surface area contributed by atoms with Crippen LogP contribution in [0, 0.1) is 0 Å². The minimum atomic E-state index is -0.261. The Bertz CT molecular complexity index is 1390. The Morgan fingerprint density at radius 3 is 2.61 bits per heavy atom. The summed E-state index contributed by atoms with van der Waals surface area (Å²) in [5.41, 5.74) is 3.06. The van der Waals surface area contributed by atoms with Gasteiger partial charge in [-0.15, -0.1) is 0 Å². The Kier molecular flexibility index (Phi) is 5.72. The molecule has 33 heavy (non-hydrogen) atoms. The number of amides is 1. The molecule has 4 aromatic rings. The third kappa shape index (κ3) is 4.16. The molecule has 0 saturated heterocycles. The van der Waals surface area contributed by atoms with Gasteiger partial charge in [-0.3, -0.25) is 14.2 Å². The molecule has 5 rings (SSSR count). The Morgan fingerprint density at radius 2 is 1.91 bits per heavy atom. The molecule has 1 N–H and O–H groups in total. The molecule has 2 aromatic carbocycles. The van der Waals surface area contributed by atoms with Crippen LogP contribution in [-0.2, 0) is 4.79 Å². The minimum Gasteiger partial charge on any atom is -0.326 e. The van der Waals surface area contributed by atoms with Crippen molar-refractivity contribution < 1.29 is 4.79 Å². The molecule has 1 atom stereocenters. The number of thioether (sulfide) groups is 1. The highest BCUT2D eigenvalue weighted by Gasteiger charge is 2.29. The summed E-state index contributed by atoms with van der Waals surface area (Å²) >= 11 is 7.46. The van der Waals surface area contributed by atoms with E-state index in [4.69, 9.17) is 16.6 Å². The van der Waals surface area contributed by atoms with Crippen LogP contribution in [0.3, 0.4) is 0 Å². The van der Waals surface area contributed by atoms with Crippen LogP contribution in [-0.4, -0.2) is 31.0 Å². The third-order valence-corrected chi connectivity index (χ3v) is 7.07. The SMILES string of the molecule is CC(C)c1ccc(NC(=O)CC2CSc3nc4c(cnn4-c4ccc(Cl)cc4)c(=O)n32)cc1. The Balaban J connectivity index is 1.39. The van der Waals surface area contributed by atoms with Crippen molar-refractivity contribution in [1.82, 2.24) is 19.3 Å². The lowest BCUT2D eigenvalue weighted by Gasteiger charge is -2.14. The first kappa shape index (κ1) is 21.7. The Morgan fingerprint density at radius 1 is 1.18 bits per heavy atom. The monoisotopic (exact) mass is 479 g/mol. The van der Waals surface area contributed by atoms with Gasteiger partial charge in [-0.25, -0.2) is 9.67 Å². The van der Waals surface area contributed by atoms with E-state index in [0.29, 0.717) is 32.9 Å². The van der Waals surface area contributed by atoms with Gasteiger partial charge in [0.15, 0.2) is 10.8 Å². The average Bonchev–Trinajstić information content (AvgIpc) is 3.40. The second kappa shape index (κ2) is 8.68. The fourth-order valence-corrected chi connectivity index (χ4v) is 5.19. The summed E-state index contributed by atoms with van der Waals surface area (Å²) in [5.74, 6) is 0.916. The van der Waals surface area contributed by atoms with Crippen molar-refractivity contribution in [3.63, 3.8) is 0 Å². The number of aromatic nitrogens is 4. The van der Waals surface area contributed by atoms with Gasteiger partial charge in [0.1, 0.15) is 5.39 Å². The van der Waals surface area contributed by atoms with Crippen LogP contribution in [0.1, 0.15) is 37.8 Å². The average molecular weight is 480 g/mol. The number of hydrogen-bond donors (Lipinski definition) is 1. The molecule has 0 radical (unpaired) electrons. The lowest BCUT2D eigenvalue weighted by atomic mass is 10.0. The van der Waals surface area contributed by atoms with Gasteiger partial charge in [0.25, 0.3) is 5.56 Å². The van der Waals surface area contributed by atoms with Gasteiger partial charge in [-0.1, -0.05) is 49.3 Å². The summed E-state index contributed by atoms with van der Waals surface area (Å²) in [7, 11) is 0. The maximum Gasteiger partial charge on any atom is 0.265 e. The van der Waals surface area contributed by atoms with Gasteiger partial charge >= 0.3 is 0 Å². The van der Waals surface area contributed by atoms with Crippen molar-refractivity contribution in [2.75, 3.05) is 11.1 Å². The number of fused-ring (bicyclic) bond motifs is 2. The Hall–Kier alpha value is -3.10. The predicted molar refractivity (Wildman–Crippen MR) is 132 cm³/mol. The van der Waals surface area contributed by atoms with Gasteiger partial charge in [-0.2, -0.15) is 5.10 Å². The molecule has 0 bridgehead atoms. The Labute approximate surface area is 199 Å². The lowest BCUT2D eigenvalue weighted by molar-refractivity contribution is -0.116. The zero-order valence-electron chi connectivity index (χ0n) is 18.2. The largest absolute Gasteiger partial charge is 0.326 e. The number of benzene rings is 2. The first-order valence-corrected chi connectivity index (χ1v) is 12.1. The van der Waals surface area contributed by atoms with Crippen LogP contribution >= 0.6 is 23.4 Å². The summed E-state index contributed by atoms with van der Waals surface area (Å²) in [5, 5.41) is 8.95. The minimum absolute atomic E-state index is 0.130. The molecule has 2 aromatic heterocycles. The quantitative estimate of drug-likeness (QED) is 0.406. The van der Waals surface area contributed by atoms with E-state index in [2.05, 4.69) is 24.3 Å². The number of anilines is 1. The number of nitrogens with zero attached hydrogens (tertiary/aromatic N) is 4. The zero-order chi connectivity index (χ0) is 23.1. The molecule has 1 amide bonds. The van der Waals surface area contributed by atoms with Crippen LogP contribution in [0.25, 0.3) is 16.7 Å². The highest BCUT2D eigenvalue weighted by Crippen LogP contribution is 2.33. The summed E-state index contributed by atoms with van der Waals surface area (Å²) in [6.45, 7) is 4.26. The predicted octanol–water partition coefficient (Wildman–Crippen LogP) is 5.03. The molecular weight excluding hydrogens is 458 g/mol. The normalized spacial score (nSPS) is 15.2. The fourth-order valence-electron chi connectivity index (χ4n) is 3.93. The lowest BCUT2D eigenvalue weighted by Crippen LogP contribution is -2.27. The summed E-state index contributed by atoms with van der Waals surface area (Å²) in [6.07, 6.45) is 1.73. The highest BCUT2D eigenvalue weighted by atomic mass is 35.5. The number of nitrogens with one attached hydrogen (secondary N) is 1. The summed E-state index contributed by atoms with van der Waals surface area (Å²) < 4.78 is 3.26. The maximum atomic E-state index is 13.3. The van der Waals surface area contributed by atoms with Crippen LogP contribution in [0.4, 0.5) is 5.69 Å². The van der Waals surface area contributed by atoms with Gasteiger partial charge in [-0.05, 0) is 47.9 Å². The molecule has 0 saturated carbocycles. The van der Waals surface area contributed by atoms with Gasteiger partial charge in [0.2, 0.25) is 5.91 Å². The number of rotatable bonds is 5. The molecule has 1 aliphatic rings. The number of halogens is 1. The third-order valence-electron chi connectivity index (χ3n) is 5.72. The van der Waals surface area contributed by atoms with E-state index in [-0.39, 0.29) is 23.9 Å².